The predicted molar refractivity (Wildman–Crippen MR) is 107 cm³/mol. The van der Waals surface area contributed by atoms with Gasteiger partial charge in [-0.25, -0.2) is 23.4 Å². The molecule has 3 rings (SSSR count). The van der Waals surface area contributed by atoms with Crippen LogP contribution in [0.25, 0.3) is 0 Å². The molecule has 1 aliphatic heterocycles. The molecular formula is C18H22ClN5O3S. The van der Waals surface area contributed by atoms with Crippen molar-refractivity contribution in [3.63, 3.8) is 0 Å². The molecule has 1 saturated heterocycles. The number of Topliss-reactive ketones (excluding diaryl/α,β-unsaturated/α-hetero) is 1. The van der Waals surface area contributed by atoms with E-state index >= 15 is 0 Å². The van der Waals surface area contributed by atoms with E-state index in [0.29, 0.717) is 31.2 Å². The third-order valence-corrected chi connectivity index (χ3v) is 7.10. The van der Waals surface area contributed by atoms with Gasteiger partial charge in [0.2, 0.25) is 10.0 Å². The second-order valence-corrected chi connectivity index (χ2v) is 9.15. The first-order valence-electron chi connectivity index (χ1n) is 9.00. The van der Waals surface area contributed by atoms with Crippen LogP contribution in [0.15, 0.2) is 36.8 Å². The highest BCUT2D eigenvalue weighted by molar-refractivity contribution is 7.89. The summed E-state index contributed by atoms with van der Waals surface area (Å²) in [6.45, 7) is 3.14. The molecule has 0 aliphatic carbocycles. The summed E-state index contributed by atoms with van der Waals surface area (Å²) >= 11 is 5.87. The van der Waals surface area contributed by atoms with E-state index in [-0.39, 0.29) is 24.4 Å². The van der Waals surface area contributed by atoms with E-state index in [4.69, 9.17) is 11.6 Å². The van der Waals surface area contributed by atoms with Gasteiger partial charge in [-0.05, 0) is 31.5 Å². The van der Waals surface area contributed by atoms with E-state index < -0.39 is 15.3 Å². The minimum atomic E-state index is -3.70. The number of hydrogen-bond acceptors (Lipinski definition) is 7. The van der Waals surface area contributed by atoms with Gasteiger partial charge in [0.1, 0.15) is 22.7 Å². The van der Waals surface area contributed by atoms with E-state index in [2.05, 4.69) is 15.0 Å². The largest absolute Gasteiger partial charge is 0.354 e. The van der Waals surface area contributed by atoms with Crippen molar-refractivity contribution in [3.8, 4) is 0 Å². The molecule has 3 heterocycles. The predicted octanol–water partition coefficient (Wildman–Crippen LogP) is 2.09. The van der Waals surface area contributed by atoms with Gasteiger partial charge in [-0.2, -0.15) is 4.31 Å². The Bertz CT molecular complexity index is 901. The normalized spacial score (nSPS) is 16.7. The first kappa shape index (κ1) is 20.6. The summed E-state index contributed by atoms with van der Waals surface area (Å²) in [5.41, 5.74) is 0. The number of piperazine rings is 1. The first-order valence-corrected chi connectivity index (χ1v) is 10.9. The zero-order chi connectivity index (χ0) is 20.1. The van der Waals surface area contributed by atoms with Crippen molar-refractivity contribution in [3.05, 3.63) is 47.6 Å². The second kappa shape index (κ2) is 8.93. The first-order chi connectivity index (χ1) is 13.4. The number of sulfonamides is 1. The van der Waals surface area contributed by atoms with E-state index in [9.17, 15) is 13.2 Å². The van der Waals surface area contributed by atoms with Gasteiger partial charge in [-0.15, -0.1) is 0 Å². The molecule has 0 N–H and O–H groups in total. The van der Waals surface area contributed by atoms with E-state index in [1.807, 2.05) is 11.0 Å². The Morgan fingerprint density at radius 1 is 1.14 bits per heavy atom. The molecule has 0 bridgehead atoms. The van der Waals surface area contributed by atoms with Crippen molar-refractivity contribution in [1.82, 2.24) is 19.3 Å². The standard InChI is InChI=1S/C18H22ClN5O3S/c1-14(25)3-5-16(18-20-7-2-8-21-18)28(26,27)24-11-9-23(10-12-24)17-6-4-15(19)13-22-17/h2,4,6-8,13,16H,3,5,9-12H2,1H3. The number of pyridine rings is 1. The number of aromatic nitrogens is 3. The molecule has 0 radical (unpaired) electrons. The average Bonchev–Trinajstić information content (AvgIpc) is 2.69. The van der Waals surface area contributed by atoms with Gasteiger partial charge in [0.15, 0.2) is 0 Å². The van der Waals surface area contributed by atoms with Crippen LogP contribution in [-0.2, 0) is 14.8 Å². The van der Waals surface area contributed by atoms with E-state index in [0.717, 1.165) is 5.82 Å². The molecule has 8 nitrogen and oxygen atoms in total. The number of hydrogen-bond donors (Lipinski definition) is 0. The summed E-state index contributed by atoms with van der Waals surface area (Å²) in [6.07, 6.45) is 4.94. The van der Waals surface area contributed by atoms with Crippen LogP contribution in [0, 0.1) is 0 Å². The zero-order valence-corrected chi connectivity index (χ0v) is 17.1. The van der Waals surface area contributed by atoms with Gasteiger partial charge in [-0.1, -0.05) is 11.6 Å². The van der Waals surface area contributed by atoms with Crippen LogP contribution in [0.5, 0.6) is 0 Å². The molecule has 1 fully saturated rings. The van der Waals surface area contributed by atoms with Crippen LogP contribution < -0.4 is 4.90 Å². The Balaban J connectivity index is 1.74. The lowest BCUT2D eigenvalue weighted by Crippen LogP contribution is -2.50. The number of anilines is 1. The van der Waals surface area contributed by atoms with E-state index in [1.54, 1.807) is 18.3 Å². The molecule has 0 amide bonds. The van der Waals surface area contributed by atoms with Crippen LogP contribution in [0.1, 0.15) is 30.8 Å². The van der Waals surface area contributed by atoms with Crippen LogP contribution in [0.3, 0.4) is 0 Å². The molecule has 1 atom stereocenters. The van der Waals surface area contributed by atoms with Gasteiger partial charge in [0, 0.05) is 51.2 Å². The minimum absolute atomic E-state index is 0.0604. The third-order valence-electron chi connectivity index (χ3n) is 4.63. The Morgan fingerprint density at radius 2 is 1.82 bits per heavy atom. The van der Waals surface area contributed by atoms with Gasteiger partial charge in [-0.3, -0.25) is 0 Å². The number of nitrogens with zero attached hydrogens (tertiary/aromatic N) is 5. The summed E-state index contributed by atoms with van der Waals surface area (Å²) in [5.74, 6) is 0.932. The smallest absolute Gasteiger partial charge is 0.224 e. The molecule has 0 saturated carbocycles. The Morgan fingerprint density at radius 3 is 2.39 bits per heavy atom. The number of halogens is 1. The summed E-state index contributed by atoms with van der Waals surface area (Å²) in [6, 6.07) is 5.22. The third kappa shape index (κ3) is 4.84. The number of carbonyl (C=O) groups excluding carboxylic acids is 1. The van der Waals surface area contributed by atoms with Gasteiger partial charge in [0.05, 0.1) is 5.02 Å². The summed E-state index contributed by atoms with van der Waals surface area (Å²) in [7, 11) is -3.70. The maximum Gasteiger partial charge on any atom is 0.224 e. The average molecular weight is 424 g/mol. The number of carbonyl (C=O) groups is 1. The summed E-state index contributed by atoms with van der Waals surface area (Å²) in [5, 5.41) is -0.376. The lowest BCUT2D eigenvalue weighted by molar-refractivity contribution is -0.117. The molecule has 28 heavy (non-hydrogen) atoms. The highest BCUT2D eigenvalue weighted by Crippen LogP contribution is 2.29. The molecule has 0 spiro atoms. The van der Waals surface area contributed by atoms with Crippen molar-refractivity contribution in [2.75, 3.05) is 31.1 Å². The lowest BCUT2D eigenvalue weighted by atomic mass is 10.2. The van der Waals surface area contributed by atoms with Gasteiger partial charge >= 0.3 is 0 Å². The molecule has 150 valence electrons. The van der Waals surface area contributed by atoms with Gasteiger partial charge < -0.3 is 9.69 Å². The maximum atomic E-state index is 13.3. The Labute approximate surface area is 169 Å². The highest BCUT2D eigenvalue weighted by Gasteiger charge is 2.37. The quantitative estimate of drug-likeness (QED) is 0.672. The van der Waals surface area contributed by atoms with Crippen molar-refractivity contribution in [1.29, 1.82) is 0 Å². The Kier molecular flexibility index (Phi) is 6.58. The van der Waals surface area contributed by atoms with Crippen molar-refractivity contribution >= 4 is 33.2 Å². The summed E-state index contributed by atoms with van der Waals surface area (Å²) < 4.78 is 28.0. The minimum Gasteiger partial charge on any atom is -0.354 e. The second-order valence-electron chi connectivity index (χ2n) is 6.60. The maximum absolute atomic E-state index is 13.3. The molecule has 2 aromatic rings. The van der Waals surface area contributed by atoms with Crippen molar-refractivity contribution in [2.45, 2.75) is 25.0 Å². The topological polar surface area (TPSA) is 96.4 Å². The fraction of sp³-hybridized carbons (Fsp3) is 0.444. The van der Waals surface area contributed by atoms with Crippen LogP contribution in [0.2, 0.25) is 5.02 Å². The molecule has 2 aromatic heterocycles. The van der Waals surface area contributed by atoms with Crippen molar-refractivity contribution in [2.24, 2.45) is 0 Å². The van der Waals surface area contributed by atoms with Crippen molar-refractivity contribution < 1.29 is 13.2 Å². The van der Waals surface area contributed by atoms with E-state index in [1.165, 1.54) is 23.6 Å². The molecule has 1 aliphatic rings. The summed E-state index contributed by atoms with van der Waals surface area (Å²) in [4.78, 5) is 26.0. The van der Waals surface area contributed by atoms with Crippen LogP contribution >= 0.6 is 11.6 Å². The Hall–Kier alpha value is -2.10. The van der Waals surface area contributed by atoms with Crippen LogP contribution in [0.4, 0.5) is 5.82 Å². The fourth-order valence-electron chi connectivity index (χ4n) is 3.13. The lowest BCUT2D eigenvalue weighted by Gasteiger charge is -2.36. The molecular weight excluding hydrogens is 402 g/mol. The molecule has 1 unspecified atom stereocenters. The number of rotatable bonds is 7. The number of ketones is 1. The highest BCUT2D eigenvalue weighted by atomic mass is 35.5. The molecule has 10 heteroatoms. The SMILES string of the molecule is CC(=O)CCC(c1ncccn1)S(=O)(=O)N1CCN(c2ccc(Cl)cn2)CC1. The molecule has 0 aromatic carbocycles. The zero-order valence-electron chi connectivity index (χ0n) is 15.5. The fourth-order valence-corrected chi connectivity index (χ4v) is 5.08. The monoisotopic (exact) mass is 423 g/mol. The van der Waals surface area contributed by atoms with Crippen LogP contribution in [-0.4, -0.2) is 59.6 Å². The van der Waals surface area contributed by atoms with Gasteiger partial charge in [0.25, 0.3) is 0 Å².